The van der Waals surface area contributed by atoms with Crippen LogP contribution in [0.2, 0.25) is 0 Å². The number of benzene rings is 1. The number of ether oxygens (including phenoxy) is 1. The van der Waals surface area contributed by atoms with Gasteiger partial charge in [-0.1, -0.05) is 34.6 Å². The number of carbonyl (C=O) groups is 2. The van der Waals surface area contributed by atoms with E-state index in [1.54, 1.807) is 6.20 Å². The smallest absolute Gasteiger partial charge is 0.308 e. The Morgan fingerprint density at radius 2 is 1.71 bits per heavy atom. The standard InChI is InChI=1S/C25H35N3O3/c1-15(2)22-16(3)18-12-17-14-26-28(23(30)24(4,5)6)19(17)13-20(18)27(22)11-10-21(29)31-25(7,8)9/h12-15H,10-11H2,1-9H3. The summed E-state index contributed by atoms with van der Waals surface area (Å²) in [6.07, 6.45) is 2.05. The lowest BCUT2D eigenvalue weighted by atomic mass is 9.96. The van der Waals surface area contributed by atoms with E-state index in [4.69, 9.17) is 4.74 Å². The lowest BCUT2D eigenvalue weighted by molar-refractivity contribution is -0.155. The minimum Gasteiger partial charge on any atom is -0.460 e. The molecular weight excluding hydrogens is 390 g/mol. The summed E-state index contributed by atoms with van der Waals surface area (Å²) in [5.41, 5.74) is 3.17. The Hall–Kier alpha value is -2.63. The van der Waals surface area contributed by atoms with E-state index >= 15 is 0 Å². The maximum Gasteiger partial charge on any atom is 0.308 e. The highest BCUT2D eigenvalue weighted by molar-refractivity contribution is 6.01. The van der Waals surface area contributed by atoms with Crippen LogP contribution in [0.15, 0.2) is 18.3 Å². The molecule has 0 aliphatic heterocycles. The summed E-state index contributed by atoms with van der Waals surface area (Å²) in [4.78, 5) is 25.3. The normalized spacial score (nSPS) is 12.8. The molecule has 2 heterocycles. The number of rotatable bonds is 4. The van der Waals surface area contributed by atoms with Crippen LogP contribution < -0.4 is 0 Å². The molecule has 2 aromatic heterocycles. The number of aromatic nitrogens is 3. The molecule has 0 bridgehead atoms. The van der Waals surface area contributed by atoms with Gasteiger partial charge < -0.3 is 9.30 Å². The van der Waals surface area contributed by atoms with Crippen LogP contribution in [0, 0.1) is 12.3 Å². The van der Waals surface area contributed by atoms with Gasteiger partial charge in [0.05, 0.1) is 23.7 Å². The Bertz CT molecular complexity index is 1150. The second-order valence-electron chi connectivity index (χ2n) is 10.7. The minimum absolute atomic E-state index is 0.0467. The summed E-state index contributed by atoms with van der Waals surface area (Å²) in [6, 6.07) is 4.14. The van der Waals surface area contributed by atoms with Crippen LogP contribution in [0.3, 0.4) is 0 Å². The van der Waals surface area contributed by atoms with Crippen molar-refractivity contribution >= 4 is 33.7 Å². The van der Waals surface area contributed by atoms with E-state index in [0.717, 1.165) is 21.8 Å². The minimum atomic E-state index is -0.536. The molecule has 0 aliphatic rings. The summed E-state index contributed by atoms with van der Waals surface area (Å²) < 4.78 is 9.22. The highest BCUT2D eigenvalue weighted by Crippen LogP contribution is 2.34. The van der Waals surface area contributed by atoms with Crippen molar-refractivity contribution in [1.29, 1.82) is 0 Å². The van der Waals surface area contributed by atoms with Crippen LogP contribution in [0.5, 0.6) is 0 Å². The maximum absolute atomic E-state index is 12.9. The van der Waals surface area contributed by atoms with Gasteiger partial charge in [-0.05, 0) is 51.3 Å². The molecule has 6 heteroatoms. The number of esters is 1. The number of aryl methyl sites for hydroxylation is 2. The molecule has 0 aliphatic carbocycles. The first-order valence-electron chi connectivity index (χ1n) is 11.0. The Balaban J connectivity index is 2.14. The van der Waals surface area contributed by atoms with Gasteiger partial charge in [0.15, 0.2) is 0 Å². The Kier molecular flexibility index (Phi) is 5.80. The first kappa shape index (κ1) is 23.0. The van der Waals surface area contributed by atoms with E-state index in [1.807, 2.05) is 47.6 Å². The van der Waals surface area contributed by atoms with Crippen LogP contribution in [-0.4, -0.2) is 31.8 Å². The molecule has 0 saturated heterocycles. The number of carbonyl (C=O) groups excluding carboxylic acids is 2. The van der Waals surface area contributed by atoms with Gasteiger partial charge in [0.2, 0.25) is 0 Å². The molecule has 6 nitrogen and oxygen atoms in total. The van der Waals surface area contributed by atoms with Gasteiger partial charge in [-0.2, -0.15) is 9.78 Å². The fraction of sp³-hybridized carbons (Fsp3) is 0.560. The van der Waals surface area contributed by atoms with Gasteiger partial charge >= 0.3 is 5.97 Å². The van der Waals surface area contributed by atoms with Crippen molar-refractivity contribution in [2.75, 3.05) is 0 Å². The summed E-state index contributed by atoms with van der Waals surface area (Å²) in [5.74, 6) is 0.0344. The first-order chi connectivity index (χ1) is 14.2. The Labute approximate surface area is 184 Å². The molecule has 168 valence electrons. The third-order valence-corrected chi connectivity index (χ3v) is 5.40. The fourth-order valence-corrected chi connectivity index (χ4v) is 4.12. The molecule has 0 spiro atoms. The molecule has 0 saturated carbocycles. The molecule has 0 fully saturated rings. The van der Waals surface area contributed by atoms with Crippen LogP contribution in [-0.2, 0) is 16.1 Å². The van der Waals surface area contributed by atoms with Gasteiger partial charge in [0.25, 0.3) is 5.91 Å². The quantitative estimate of drug-likeness (QED) is 0.493. The van der Waals surface area contributed by atoms with Gasteiger partial charge in [-0.3, -0.25) is 9.59 Å². The van der Waals surface area contributed by atoms with Crippen molar-refractivity contribution in [3.8, 4) is 0 Å². The zero-order chi connectivity index (χ0) is 23.3. The van der Waals surface area contributed by atoms with Gasteiger partial charge in [0, 0.05) is 28.4 Å². The van der Waals surface area contributed by atoms with Crippen molar-refractivity contribution < 1.29 is 14.3 Å². The van der Waals surface area contributed by atoms with E-state index in [1.165, 1.54) is 15.9 Å². The summed E-state index contributed by atoms with van der Waals surface area (Å²) in [7, 11) is 0. The Morgan fingerprint density at radius 1 is 1.06 bits per heavy atom. The van der Waals surface area contributed by atoms with Crippen LogP contribution >= 0.6 is 0 Å². The molecule has 0 radical (unpaired) electrons. The third kappa shape index (κ3) is 4.53. The highest BCUT2D eigenvalue weighted by Gasteiger charge is 2.26. The molecule has 0 unspecified atom stereocenters. The molecule has 3 rings (SSSR count). The van der Waals surface area contributed by atoms with E-state index in [-0.39, 0.29) is 11.9 Å². The van der Waals surface area contributed by atoms with Crippen LogP contribution in [0.4, 0.5) is 0 Å². The van der Waals surface area contributed by atoms with E-state index in [0.29, 0.717) is 18.9 Å². The monoisotopic (exact) mass is 425 g/mol. The molecule has 0 amide bonds. The van der Waals surface area contributed by atoms with E-state index < -0.39 is 11.0 Å². The number of hydrogen-bond donors (Lipinski definition) is 0. The summed E-state index contributed by atoms with van der Waals surface area (Å²) >= 11 is 0. The maximum atomic E-state index is 12.9. The molecule has 0 N–H and O–H groups in total. The van der Waals surface area contributed by atoms with Gasteiger partial charge in [-0.25, -0.2) is 0 Å². The lowest BCUT2D eigenvalue weighted by Crippen LogP contribution is -2.27. The topological polar surface area (TPSA) is 66.1 Å². The fourth-order valence-electron chi connectivity index (χ4n) is 4.12. The van der Waals surface area contributed by atoms with Crippen molar-refractivity contribution in [2.24, 2.45) is 5.41 Å². The van der Waals surface area contributed by atoms with Gasteiger partial charge in [-0.15, -0.1) is 0 Å². The molecule has 3 aromatic rings. The zero-order valence-electron chi connectivity index (χ0n) is 20.3. The van der Waals surface area contributed by atoms with Crippen molar-refractivity contribution in [2.45, 2.75) is 86.8 Å². The predicted octanol–water partition coefficient (Wildman–Crippen LogP) is 5.84. The second kappa shape index (κ2) is 7.81. The molecule has 1 aromatic carbocycles. The number of hydrogen-bond acceptors (Lipinski definition) is 4. The average molecular weight is 426 g/mol. The van der Waals surface area contributed by atoms with E-state index in [2.05, 4.69) is 36.5 Å². The number of fused-ring (bicyclic) bond motifs is 2. The predicted molar refractivity (Wildman–Crippen MR) is 125 cm³/mol. The van der Waals surface area contributed by atoms with Crippen LogP contribution in [0.1, 0.15) is 83.8 Å². The van der Waals surface area contributed by atoms with Gasteiger partial charge in [0.1, 0.15) is 5.60 Å². The van der Waals surface area contributed by atoms with E-state index in [9.17, 15) is 9.59 Å². The van der Waals surface area contributed by atoms with Crippen LogP contribution in [0.25, 0.3) is 21.8 Å². The average Bonchev–Trinajstić information content (AvgIpc) is 3.14. The molecule has 31 heavy (non-hydrogen) atoms. The second-order valence-corrected chi connectivity index (χ2v) is 10.7. The molecule has 0 atom stereocenters. The number of nitrogens with zero attached hydrogens (tertiary/aromatic N) is 3. The van der Waals surface area contributed by atoms with Crippen molar-refractivity contribution in [3.63, 3.8) is 0 Å². The SMILES string of the molecule is Cc1c(C(C)C)n(CCC(=O)OC(C)(C)C)c2cc3c(cnn3C(=O)C(C)(C)C)cc12. The largest absolute Gasteiger partial charge is 0.460 e. The zero-order valence-corrected chi connectivity index (χ0v) is 20.3. The van der Waals surface area contributed by atoms with Crippen molar-refractivity contribution in [1.82, 2.24) is 14.3 Å². The summed E-state index contributed by atoms with van der Waals surface area (Å²) in [5, 5.41) is 6.45. The molecular formula is C25H35N3O3. The third-order valence-electron chi connectivity index (χ3n) is 5.40. The lowest BCUT2D eigenvalue weighted by Gasteiger charge is -2.20. The summed E-state index contributed by atoms with van der Waals surface area (Å²) in [6.45, 7) is 18.3. The van der Waals surface area contributed by atoms with Crippen molar-refractivity contribution in [3.05, 3.63) is 29.6 Å². The Morgan fingerprint density at radius 3 is 2.26 bits per heavy atom. The highest BCUT2D eigenvalue weighted by atomic mass is 16.6. The first-order valence-corrected chi connectivity index (χ1v) is 11.0.